The van der Waals surface area contributed by atoms with Crippen LogP contribution in [0.1, 0.15) is 11.1 Å². The van der Waals surface area contributed by atoms with Crippen LogP contribution >= 0.6 is 0 Å². The van der Waals surface area contributed by atoms with Crippen LogP contribution in [0.5, 0.6) is 0 Å². The zero-order valence-corrected chi connectivity index (χ0v) is 15.8. The molecular formula is C22H25FN4O. The Bertz CT molecular complexity index is 929. The van der Waals surface area contributed by atoms with E-state index in [9.17, 15) is 9.18 Å². The van der Waals surface area contributed by atoms with E-state index in [4.69, 9.17) is 0 Å². The van der Waals surface area contributed by atoms with Crippen LogP contribution in [-0.2, 0) is 13.0 Å². The van der Waals surface area contributed by atoms with Crippen molar-refractivity contribution in [1.29, 1.82) is 0 Å². The number of benzene rings is 2. The fourth-order valence-electron chi connectivity index (χ4n) is 3.71. The molecule has 0 unspecified atom stereocenters. The molecule has 28 heavy (non-hydrogen) atoms. The van der Waals surface area contributed by atoms with E-state index in [1.165, 1.54) is 23.1 Å². The molecule has 1 aliphatic heterocycles. The highest BCUT2D eigenvalue weighted by Crippen LogP contribution is 2.17. The number of fused-ring (bicyclic) bond motifs is 1. The second-order valence-corrected chi connectivity index (χ2v) is 7.23. The van der Waals surface area contributed by atoms with Crippen LogP contribution in [0.15, 0.2) is 54.7 Å². The van der Waals surface area contributed by atoms with Crippen molar-refractivity contribution in [3.8, 4) is 0 Å². The zero-order valence-electron chi connectivity index (χ0n) is 15.8. The summed E-state index contributed by atoms with van der Waals surface area (Å²) in [6, 6.07) is 14.8. The molecule has 4 rings (SSSR count). The molecule has 5 nitrogen and oxygen atoms in total. The van der Waals surface area contributed by atoms with Gasteiger partial charge in [-0.1, -0.05) is 30.3 Å². The molecule has 1 aromatic heterocycles. The maximum absolute atomic E-state index is 13.0. The lowest BCUT2D eigenvalue weighted by Crippen LogP contribution is -2.51. The molecule has 3 aromatic rings. The molecule has 0 atom stereocenters. The lowest BCUT2D eigenvalue weighted by atomic mass is 10.1. The van der Waals surface area contributed by atoms with Gasteiger partial charge in [0.1, 0.15) is 5.82 Å². The van der Waals surface area contributed by atoms with Crippen molar-refractivity contribution < 1.29 is 9.18 Å². The fourth-order valence-corrected chi connectivity index (χ4v) is 3.71. The lowest BCUT2D eigenvalue weighted by Gasteiger charge is -2.34. The predicted octanol–water partition coefficient (Wildman–Crippen LogP) is 3.38. The number of urea groups is 1. The first kappa shape index (κ1) is 18.5. The number of H-pyrrole nitrogens is 1. The largest absolute Gasteiger partial charge is 0.361 e. The summed E-state index contributed by atoms with van der Waals surface area (Å²) >= 11 is 0. The van der Waals surface area contributed by atoms with Crippen molar-refractivity contribution in [2.75, 3.05) is 32.7 Å². The molecule has 6 heteroatoms. The summed E-state index contributed by atoms with van der Waals surface area (Å²) in [5.41, 5.74) is 3.44. The smallest absolute Gasteiger partial charge is 0.317 e. The van der Waals surface area contributed by atoms with Gasteiger partial charge in [0.05, 0.1) is 0 Å². The van der Waals surface area contributed by atoms with Gasteiger partial charge in [-0.05, 0) is 35.7 Å². The fraction of sp³-hybridized carbons (Fsp3) is 0.318. The predicted molar refractivity (Wildman–Crippen MR) is 109 cm³/mol. The molecule has 2 amide bonds. The number of rotatable bonds is 5. The van der Waals surface area contributed by atoms with Gasteiger partial charge < -0.3 is 15.2 Å². The highest BCUT2D eigenvalue weighted by molar-refractivity contribution is 5.83. The molecule has 146 valence electrons. The van der Waals surface area contributed by atoms with Crippen molar-refractivity contribution in [3.63, 3.8) is 0 Å². The number of aromatic nitrogens is 1. The number of carbonyl (C=O) groups excluding carboxylic acids is 1. The van der Waals surface area contributed by atoms with Crippen LogP contribution in [0.25, 0.3) is 10.9 Å². The molecule has 0 saturated carbocycles. The Balaban J connectivity index is 1.21. The number of nitrogens with one attached hydrogen (secondary N) is 2. The summed E-state index contributed by atoms with van der Waals surface area (Å²) in [5, 5.41) is 4.25. The van der Waals surface area contributed by atoms with E-state index in [2.05, 4.69) is 27.3 Å². The minimum absolute atomic E-state index is 0.00118. The summed E-state index contributed by atoms with van der Waals surface area (Å²) < 4.78 is 13.0. The van der Waals surface area contributed by atoms with Gasteiger partial charge in [-0.2, -0.15) is 0 Å². The Labute approximate surface area is 164 Å². The number of amides is 2. The highest BCUT2D eigenvalue weighted by Gasteiger charge is 2.20. The molecule has 0 spiro atoms. The number of hydrogen-bond acceptors (Lipinski definition) is 2. The van der Waals surface area contributed by atoms with E-state index >= 15 is 0 Å². The summed E-state index contributed by atoms with van der Waals surface area (Å²) in [6.45, 7) is 4.48. The third-order valence-corrected chi connectivity index (χ3v) is 5.32. The third-order valence-electron chi connectivity index (χ3n) is 5.32. The summed E-state index contributed by atoms with van der Waals surface area (Å²) in [7, 11) is 0. The maximum atomic E-state index is 13.0. The number of aromatic amines is 1. The van der Waals surface area contributed by atoms with Crippen LogP contribution in [0, 0.1) is 5.82 Å². The number of piperazine rings is 1. The van der Waals surface area contributed by atoms with Gasteiger partial charge in [0.2, 0.25) is 0 Å². The van der Waals surface area contributed by atoms with Crippen molar-refractivity contribution in [2.24, 2.45) is 0 Å². The van der Waals surface area contributed by atoms with E-state index < -0.39 is 0 Å². The average molecular weight is 380 g/mol. The van der Waals surface area contributed by atoms with Crippen LogP contribution in [0.4, 0.5) is 9.18 Å². The molecule has 1 aliphatic rings. The monoisotopic (exact) mass is 380 g/mol. The van der Waals surface area contributed by atoms with Gasteiger partial charge in [0.15, 0.2) is 0 Å². The van der Waals surface area contributed by atoms with E-state index in [0.29, 0.717) is 19.6 Å². The number of halogens is 1. The van der Waals surface area contributed by atoms with E-state index in [1.807, 2.05) is 35.4 Å². The standard InChI is InChI=1S/C22H25FN4O/c23-19-7-5-17(6-8-19)16-26-11-13-27(14-12-26)22(28)24-10-9-18-15-25-21-4-2-1-3-20(18)21/h1-8,15,25H,9-14,16H2,(H,24,28). The molecule has 2 aromatic carbocycles. The lowest BCUT2D eigenvalue weighted by molar-refractivity contribution is 0.135. The third kappa shape index (κ3) is 4.34. The average Bonchev–Trinajstić information content (AvgIpc) is 3.13. The Morgan fingerprint density at radius 2 is 1.79 bits per heavy atom. The molecule has 0 radical (unpaired) electrons. The Morgan fingerprint density at radius 1 is 1.04 bits per heavy atom. The van der Waals surface area contributed by atoms with E-state index in [-0.39, 0.29) is 11.8 Å². The minimum atomic E-state index is -0.210. The van der Waals surface area contributed by atoms with Crippen LogP contribution in [0.3, 0.4) is 0 Å². The summed E-state index contributed by atoms with van der Waals surface area (Å²) in [5.74, 6) is -0.210. The topological polar surface area (TPSA) is 51.4 Å². The molecule has 1 saturated heterocycles. The molecule has 0 bridgehead atoms. The molecule has 2 N–H and O–H groups in total. The first-order valence-electron chi connectivity index (χ1n) is 9.73. The van der Waals surface area contributed by atoms with Crippen molar-refractivity contribution >= 4 is 16.9 Å². The van der Waals surface area contributed by atoms with Gasteiger partial charge in [0, 0.05) is 56.4 Å². The SMILES string of the molecule is O=C(NCCc1c[nH]c2ccccc12)N1CCN(Cc2ccc(F)cc2)CC1. The van der Waals surface area contributed by atoms with E-state index in [0.717, 1.165) is 37.1 Å². The Hall–Kier alpha value is -2.86. The second kappa shape index (κ2) is 8.44. The van der Waals surface area contributed by atoms with Crippen LogP contribution < -0.4 is 5.32 Å². The first-order valence-corrected chi connectivity index (χ1v) is 9.73. The van der Waals surface area contributed by atoms with E-state index in [1.54, 1.807) is 0 Å². The molecule has 0 aliphatic carbocycles. The number of para-hydroxylation sites is 1. The first-order chi connectivity index (χ1) is 13.7. The minimum Gasteiger partial charge on any atom is -0.361 e. The second-order valence-electron chi connectivity index (χ2n) is 7.23. The number of hydrogen-bond donors (Lipinski definition) is 2. The van der Waals surface area contributed by atoms with Crippen molar-refractivity contribution in [2.45, 2.75) is 13.0 Å². The normalized spacial score (nSPS) is 15.1. The van der Waals surface area contributed by atoms with Gasteiger partial charge in [0.25, 0.3) is 0 Å². The summed E-state index contributed by atoms with van der Waals surface area (Å²) in [6.07, 6.45) is 2.82. The number of nitrogens with zero attached hydrogens (tertiary/aromatic N) is 2. The Morgan fingerprint density at radius 3 is 2.57 bits per heavy atom. The summed E-state index contributed by atoms with van der Waals surface area (Å²) in [4.78, 5) is 19.9. The maximum Gasteiger partial charge on any atom is 0.317 e. The number of carbonyl (C=O) groups is 1. The van der Waals surface area contributed by atoms with Gasteiger partial charge in [-0.25, -0.2) is 9.18 Å². The van der Waals surface area contributed by atoms with Crippen molar-refractivity contribution in [1.82, 2.24) is 20.1 Å². The zero-order chi connectivity index (χ0) is 19.3. The quantitative estimate of drug-likeness (QED) is 0.713. The van der Waals surface area contributed by atoms with Crippen LogP contribution in [0.2, 0.25) is 0 Å². The van der Waals surface area contributed by atoms with Gasteiger partial charge >= 0.3 is 6.03 Å². The van der Waals surface area contributed by atoms with Gasteiger partial charge in [-0.15, -0.1) is 0 Å². The van der Waals surface area contributed by atoms with Gasteiger partial charge in [-0.3, -0.25) is 4.90 Å². The molecule has 1 fully saturated rings. The Kier molecular flexibility index (Phi) is 5.58. The van der Waals surface area contributed by atoms with Crippen molar-refractivity contribution in [3.05, 3.63) is 71.7 Å². The highest BCUT2D eigenvalue weighted by atomic mass is 19.1. The van der Waals surface area contributed by atoms with Crippen LogP contribution in [-0.4, -0.2) is 53.5 Å². The molecule has 2 heterocycles. The molecular weight excluding hydrogens is 355 g/mol.